The maximum Gasteiger partial charge on any atom is 0.120 e. The molecule has 2 aliphatic carbocycles. The van der Waals surface area contributed by atoms with Crippen LogP contribution in [0.1, 0.15) is 52.4 Å². The molecule has 0 heterocycles. The molecule has 3 atom stereocenters. The third-order valence-electron chi connectivity index (χ3n) is 4.91. The Morgan fingerprint density at radius 2 is 2.27 bits per heavy atom. The Bertz CT molecular complexity index is 279. The maximum absolute atomic E-state index is 10.7. The van der Waals surface area contributed by atoms with Gasteiger partial charge in [0.2, 0.25) is 0 Å². The molecule has 84 valence electrons. The van der Waals surface area contributed by atoms with Crippen LogP contribution in [0.5, 0.6) is 0 Å². The number of fused-ring (bicyclic) bond motifs is 1. The van der Waals surface area contributed by atoms with Crippen molar-refractivity contribution in [3.8, 4) is 0 Å². The predicted octanol–water partition coefficient (Wildman–Crippen LogP) is 3.74. The molecule has 2 fully saturated rings. The fourth-order valence-electron chi connectivity index (χ4n) is 4.00. The summed E-state index contributed by atoms with van der Waals surface area (Å²) in [5, 5.41) is 0. The van der Waals surface area contributed by atoms with Crippen molar-refractivity contribution in [2.24, 2.45) is 17.3 Å². The van der Waals surface area contributed by atoms with E-state index in [1.165, 1.54) is 32.1 Å². The van der Waals surface area contributed by atoms with E-state index in [1.807, 2.05) is 0 Å². The quantitative estimate of drug-likeness (QED) is 0.497. The van der Waals surface area contributed by atoms with Gasteiger partial charge < -0.3 is 4.79 Å². The lowest BCUT2D eigenvalue weighted by molar-refractivity contribution is -0.109. The van der Waals surface area contributed by atoms with E-state index in [-0.39, 0.29) is 0 Å². The first-order valence-electron chi connectivity index (χ1n) is 6.31. The number of carbonyl (C=O) groups is 1. The smallest absolute Gasteiger partial charge is 0.120 e. The molecule has 0 aliphatic heterocycles. The number of allylic oxidation sites excluding steroid dienone is 2. The van der Waals surface area contributed by atoms with E-state index in [0.717, 1.165) is 18.6 Å². The predicted molar refractivity (Wildman–Crippen MR) is 62.6 cm³/mol. The van der Waals surface area contributed by atoms with E-state index >= 15 is 0 Å². The number of hydrogen-bond donors (Lipinski definition) is 0. The van der Waals surface area contributed by atoms with Crippen molar-refractivity contribution < 1.29 is 4.79 Å². The molecule has 2 saturated carbocycles. The first-order chi connectivity index (χ1) is 7.22. The van der Waals surface area contributed by atoms with Crippen molar-refractivity contribution >= 4 is 6.29 Å². The van der Waals surface area contributed by atoms with Crippen LogP contribution in [0.2, 0.25) is 0 Å². The first-order valence-corrected chi connectivity index (χ1v) is 6.31. The molecule has 2 unspecified atom stereocenters. The van der Waals surface area contributed by atoms with Crippen LogP contribution in [0.4, 0.5) is 0 Å². The van der Waals surface area contributed by atoms with Crippen LogP contribution in [0.25, 0.3) is 0 Å². The van der Waals surface area contributed by atoms with Crippen molar-refractivity contribution in [2.75, 3.05) is 0 Å². The van der Waals surface area contributed by atoms with Gasteiger partial charge in [0.05, 0.1) is 0 Å². The van der Waals surface area contributed by atoms with Crippen LogP contribution in [0.15, 0.2) is 11.6 Å². The van der Waals surface area contributed by atoms with Crippen LogP contribution < -0.4 is 0 Å². The third kappa shape index (κ3) is 1.66. The van der Waals surface area contributed by atoms with E-state index in [9.17, 15) is 4.79 Å². The minimum Gasteiger partial charge on any atom is -0.303 e. The molecular weight excluding hydrogens is 184 g/mol. The molecule has 15 heavy (non-hydrogen) atoms. The molecule has 0 aromatic rings. The summed E-state index contributed by atoms with van der Waals surface area (Å²) in [5.41, 5.74) is 2.10. The lowest BCUT2D eigenvalue weighted by Gasteiger charge is -2.42. The fourth-order valence-corrected chi connectivity index (χ4v) is 4.00. The zero-order valence-electron chi connectivity index (χ0n) is 9.96. The van der Waals surface area contributed by atoms with E-state index in [0.29, 0.717) is 11.3 Å². The summed E-state index contributed by atoms with van der Waals surface area (Å²) in [6, 6.07) is 0. The van der Waals surface area contributed by atoms with Gasteiger partial charge in [-0.15, -0.1) is 0 Å². The second-order valence-electron chi connectivity index (χ2n) is 5.45. The SMILES string of the molecule is C/C=C1\CCC[C@]2(C)C(CC=O)CCC12. The van der Waals surface area contributed by atoms with Crippen molar-refractivity contribution in [3.05, 3.63) is 11.6 Å². The Kier molecular flexibility index (Phi) is 2.99. The monoisotopic (exact) mass is 206 g/mol. The van der Waals surface area contributed by atoms with Crippen LogP contribution in [0, 0.1) is 17.3 Å². The highest BCUT2D eigenvalue weighted by Crippen LogP contribution is 2.57. The van der Waals surface area contributed by atoms with Gasteiger partial charge in [-0.25, -0.2) is 0 Å². The topological polar surface area (TPSA) is 17.1 Å². The molecule has 0 radical (unpaired) electrons. The zero-order chi connectivity index (χ0) is 10.9. The normalized spacial score (nSPS) is 42.9. The molecule has 0 bridgehead atoms. The molecule has 0 aromatic heterocycles. The Labute approximate surface area is 92.9 Å². The highest BCUT2D eigenvalue weighted by molar-refractivity contribution is 5.50. The van der Waals surface area contributed by atoms with E-state index in [2.05, 4.69) is 19.9 Å². The van der Waals surface area contributed by atoms with Crippen molar-refractivity contribution in [2.45, 2.75) is 52.4 Å². The van der Waals surface area contributed by atoms with Crippen molar-refractivity contribution in [1.82, 2.24) is 0 Å². The number of carbonyl (C=O) groups excluding carboxylic acids is 1. The van der Waals surface area contributed by atoms with Gasteiger partial charge in [0.1, 0.15) is 6.29 Å². The number of rotatable bonds is 2. The Morgan fingerprint density at radius 3 is 2.93 bits per heavy atom. The zero-order valence-corrected chi connectivity index (χ0v) is 9.96. The summed E-state index contributed by atoms with van der Waals surface area (Å²) >= 11 is 0. The molecule has 0 N–H and O–H groups in total. The van der Waals surface area contributed by atoms with Gasteiger partial charge in [-0.2, -0.15) is 0 Å². The second-order valence-corrected chi connectivity index (χ2v) is 5.45. The minimum absolute atomic E-state index is 0.432. The summed E-state index contributed by atoms with van der Waals surface area (Å²) in [5.74, 6) is 1.43. The molecule has 1 nitrogen and oxygen atoms in total. The summed E-state index contributed by atoms with van der Waals surface area (Å²) in [7, 11) is 0. The number of aldehydes is 1. The van der Waals surface area contributed by atoms with Gasteiger partial charge in [0, 0.05) is 6.42 Å². The van der Waals surface area contributed by atoms with E-state index < -0.39 is 0 Å². The van der Waals surface area contributed by atoms with Gasteiger partial charge in [-0.3, -0.25) is 0 Å². The van der Waals surface area contributed by atoms with Gasteiger partial charge in [-0.05, 0) is 56.3 Å². The van der Waals surface area contributed by atoms with Crippen molar-refractivity contribution in [3.63, 3.8) is 0 Å². The standard InChI is InChI=1S/C14H22O/c1-3-11-5-4-9-14(2)12(8-10-15)6-7-13(11)14/h3,10,12-13H,4-9H2,1-2H3/b11-3+/t12?,13?,14-/m1/s1. The fraction of sp³-hybridized carbons (Fsp3) is 0.786. The molecule has 0 spiro atoms. The lowest BCUT2D eigenvalue weighted by atomic mass is 9.63. The van der Waals surface area contributed by atoms with Gasteiger partial charge >= 0.3 is 0 Å². The van der Waals surface area contributed by atoms with E-state index in [4.69, 9.17) is 0 Å². The number of hydrogen-bond acceptors (Lipinski definition) is 1. The van der Waals surface area contributed by atoms with Gasteiger partial charge in [0.15, 0.2) is 0 Å². The molecule has 0 amide bonds. The Hall–Kier alpha value is -0.590. The van der Waals surface area contributed by atoms with Crippen LogP contribution in [0.3, 0.4) is 0 Å². The lowest BCUT2D eigenvalue weighted by Crippen LogP contribution is -2.33. The third-order valence-corrected chi connectivity index (χ3v) is 4.91. The van der Waals surface area contributed by atoms with Crippen molar-refractivity contribution in [1.29, 1.82) is 0 Å². The molecule has 1 heteroatoms. The molecule has 0 saturated heterocycles. The molecule has 0 aromatic carbocycles. The van der Waals surface area contributed by atoms with Crippen LogP contribution in [-0.4, -0.2) is 6.29 Å². The Morgan fingerprint density at radius 1 is 1.47 bits per heavy atom. The average Bonchev–Trinajstić information content (AvgIpc) is 2.56. The largest absolute Gasteiger partial charge is 0.303 e. The summed E-state index contributed by atoms with van der Waals surface area (Å²) < 4.78 is 0. The van der Waals surface area contributed by atoms with Crippen LogP contribution >= 0.6 is 0 Å². The summed E-state index contributed by atoms with van der Waals surface area (Å²) in [6.07, 6.45) is 10.8. The molecular formula is C14H22O. The highest BCUT2D eigenvalue weighted by atomic mass is 16.1. The first kappa shape index (κ1) is 10.9. The summed E-state index contributed by atoms with van der Waals surface area (Å²) in [6.45, 7) is 4.59. The second kappa shape index (κ2) is 4.11. The maximum atomic E-state index is 10.7. The summed E-state index contributed by atoms with van der Waals surface area (Å²) in [4.78, 5) is 10.7. The molecule has 2 aliphatic rings. The van der Waals surface area contributed by atoms with Crippen LogP contribution in [-0.2, 0) is 4.79 Å². The Balaban J connectivity index is 2.22. The van der Waals surface area contributed by atoms with Gasteiger partial charge in [0.25, 0.3) is 0 Å². The minimum atomic E-state index is 0.432. The average molecular weight is 206 g/mol. The molecule has 2 rings (SSSR count). The highest BCUT2D eigenvalue weighted by Gasteiger charge is 2.48. The van der Waals surface area contributed by atoms with E-state index in [1.54, 1.807) is 5.57 Å². The van der Waals surface area contributed by atoms with Gasteiger partial charge in [-0.1, -0.05) is 18.6 Å².